The number of aromatic nitrogens is 1. The van der Waals surface area contributed by atoms with E-state index in [-0.39, 0.29) is 11.9 Å². The number of anilines is 1. The van der Waals surface area contributed by atoms with Crippen molar-refractivity contribution in [3.63, 3.8) is 0 Å². The zero-order valence-corrected chi connectivity index (χ0v) is 13.7. The van der Waals surface area contributed by atoms with Crippen LogP contribution in [-0.4, -0.2) is 28.9 Å². The van der Waals surface area contributed by atoms with Gasteiger partial charge in [0.2, 0.25) is 0 Å². The van der Waals surface area contributed by atoms with Gasteiger partial charge in [0.15, 0.2) is 0 Å². The molecule has 112 valence electrons. The normalized spacial score (nSPS) is 18.2. The van der Waals surface area contributed by atoms with E-state index in [4.69, 9.17) is 0 Å². The fourth-order valence-corrected chi connectivity index (χ4v) is 2.97. The summed E-state index contributed by atoms with van der Waals surface area (Å²) in [5.41, 5.74) is 1.53. The second-order valence-electron chi connectivity index (χ2n) is 5.16. The fourth-order valence-electron chi connectivity index (χ4n) is 2.56. The number of benzene rings is 1. The Bertz CT molecular complexity index is 763. The molecule has 0 N–H and O–H groups in total. The molecule has 6 heteroatoms. The van der Waals surface area contributed by atoms with Gasteiger partial charge in [-0.25, -0.2) is 14.7 Å². The molecule has 0 saturated carbocycles. The van der Waals surface area contributed by atoms with E-state index in [1.807, 2.05) is 37.3 Å². The first-order valence-corrected chi connectivity index (χ1v) is 7.58. The molecule has 1 aliphatic heterocycles. The van der Waals surface area contributed by atoms with Crippen LogP contribution < -0.4 is 4.90 Å². The van der Waals surface area contributed by atoms with E-state index in [9.17, 15) is 9.59 Å². The van der Waals surface area contributed by atoms with Gasteiger partial charge in [0, 0.05) is 17.2 Å². The number of hydrogen-bond donors (Lipinski definition) is 0. The van der Waals surface area contributed by atoms with Crippen LogP contribution in [0, 0.1) is 6.92 Å². The second kappa shape index (κ2) is 5.53. The minimum Gasteiger partial charge on any atom is -0.311 e. The lowest BCUT2D eigenvalue weighted by molar-refractivity contribution is -0.119. The van der Waals surface area contributed by atoms with Gasteiger partial charge in [0.05, 0.1) is 0 Å². The van der Waals surface area contributed by atoms with Gasteiger partial charge in [0.1, 0.15) is 11.9 Å². The van der Waals surface area contributed by atoms with Crippen LogP contribution in [0.1, 0.15) is 17.3 Å². The van der Waals surface area contributed by atoms with Crippen molar-refractivity contribution in [2.45, 2.75) is 13.0 Å². The maximum absolute atomic E-state index is 12.8. The highest BCUT2D eigenvalue weighted by atomic mass is 79.9. The topological polar surface area (TPSA) is 53.5 Å². The number of nitrogens with zero attached hydrogens (tertiary/aromatic N) is 3. The van der Waals surface area contributed by atoms with Crippen molar-refractivity contribution < 1.29 is 9.59 Å². The number of carbonyl (C=O) groups is 2. The average molecular weight is 360 g/mol. The van der Waals surface area contributed by atoms with E-state index in [1.165, 1.54) is 4.90 Å². The second-order valence-corrected chi connectivity index (χ2v) is 6.08. The summed E-state index contributed by atoms with van der Waals surface area (Å²) in [6, 6.07) is 11.7. The van der Waals surface area contributed by atoms with Crippen molar-refractivity contribution in [3.05, 3.63) is 58.2 Å². The molecule has 0 aliphatic carbocycles. The number of rotatable bonds is 2. The van der Waals surface area contributed by atoms with Crippen LogP contribution in [0.5, 0.6) is 0 Å². The van der Waals surface area contributed by atoms with E-state index < -0.39 is 6.04 Å². The molecule has 22 heavy (non-hydrogen) atoms. The summed E-state index contributed by atoms with van der Waals surface area (Å²) in [5.74, 6) is 0.0723. The van der Waals surface area contributed by atoms with Gasteiger partial charge in [-0.1, -0.05) is 34.1 Å². The Morgan fingerprint density at radius 3 is 2.55 bits per heavy atom. The molecule has 1 aliphatic rings. The molecule has 1 saturated heterocycles. The molecule has 1 fully saturated rings. The Morgan fingerprint density at radius 1 is 1.14 bits per heavy atom. The number of imide groups is 1. The van der Waals surface area contributed by atoms with Crippen LogP contribution in [0.25, 0.3) is 0 Å². The van der Waals surface area contributed by atoms with E-state index in [2.05, 4.69) is 20.9 Å². The predicted octanol–water partition coefficient (Wildman–Crippen LogP) is 3.29. The van der Waals surface area contributed by atoms with Gasteiger partial charge in [-0.2, -0.15) is 0 Å². The quantitative estimate of drug-likeness (QED) is 0.773. The van der Waals surface area contributed by atoms with Crippen molar-refractivity contribution in [2.75, 3.05) is 11.9 Å². The van der Waals surface area contributed by atoms with Crippen molar-refractivity contribution in [3.8, 4) is 0 Å². The third kappa shape index (κ3) is 2.39. The molecule has 1 atom stereocenters. The van der Waals surface area contributed by atoms with Crippen LogP contribution in [-0.2, 0) is 4.79 Å². The first-order chi connectivity index (χ1) is 10.5. The number of urea groups is 1. The van der Waals surface area contributed by atoms with Crippen LogP contribution >= 0.6 is 15.9 Å². The first-order valence-electron chi connectivity index (χ1n) is 6.79. The summed E-state index contributed by atoms with van der Waals surface area (Å²) in [6.07, 6.45) is 0. The number of carbonyl (C=O) groups excluding carboxylic acids is 2. The largest absolute Gasteiger partial charge is 0.333 e. The molecule has 1 unspecified atom stereocenters. The van der Waals surface area contributed by atoms with Crippen molar-refractivity contribution >= 4 is 33.7 Å². The molecule has 2 aromatic rings. The van der Waals surface area contributed by atoms with Crippen molar-refractivity contribution in [1.29, 1.82) is 0 Å². The van der Waals surface area contributed by atoms with Crippen LogP contribution in [0.3, 0.4) is 0 Å². The van der Waals surface area contributed by atoms with Gasteiger partial charge < -0.3 is 4.90 Å². The summed E-state index contributed by atoms with van der Waals surface area (Å²) in [6.45, 7) is 1.82. The third-order valence-electron chi connectivity index (χ3n) is 3.60. The minimum absolute atomic E-state index is 0.288. The molecule has 0 spiro atoms. The minimum atomic E-state index is -0.632. The zero-order valence-electron chi connectivity index (χ0n) is 12.2. The summed E-state index contributed by atoms with van der Waals surface area (Å²) in [4.78, 5) is 32.1. The van der Waals surface area contributed by atoms with Gasteiger partial charge in [-0.05, 0) is 36.8 Å². The molecule has 0 bridgehead atoms. The maximum Gasteiger partial charge on any atom is 0.333 e. The Morgan fingerprint density at radius 2 is 1.86 bits per heavy atom. The molecule has 0 radical (unpaired) electrons. The van der Waals surface area contributed by atoms with E-state index in [0.717, 1.165) is 20.6 Å². The predicted molar refractivity (Wildman–Crippen MR) is 86.5 cm³/mol. The monoisotopic (exact) mass is 359 g/mol. The molecule has 2 heterocycles. The van der Waals surface area contributed by atoms with E-state index in [0.29, 0.717) is 5.82 Å². The Balaban J connectivity index is 2.02. The van der Waals surface area contributed by atoms with Gasteiger partial charge in [-0.15, -0.1) is 0 Å². The highest BCUT2D eigenvalue weighted by molar-refractivity contribution is 9.10. The summed E-state index contributed by atoms with van der Waals surface area (Å²) < 4.78 is 0.866. The Kier molecular flexibility index (Phi) is 3.70. The van der Waals surface area contributed by atoms with Crippen LogP contribution in [0.2, 0.25) is 0 Å². The van der Waals surface area contributed by atoms with Crippen molar-refractivity contribution in [1.82, 2.24) is 9.88 Å². The Hall–Kier alpha value is -2.21. The number of hydrogen-bond acceptors (Lipinski definition) is 3. The molecule has 1 aromatic heterocycles. The third-order valence-corrected chi connectivity index (χ3v) is 4.10. The molecular formula is C16H14BrN3O2. The van der Waals surface area contributed by atoms with Crippen LogP contribution in [0.15, 0.2) is 46.9 Å². The maximum atomic E-state index is 12.8. The number of likely N-dealkylation sites (N-methyl/N-ethyl adjacent to an activating group) is 1. The Labute approximate surface area is 136 Å². The molecule has 5 nitrogen and oxygen atoms in total. The lowest BCUT2D eigenvalue weighted by atomic mass is 10.1. The summed E-state index contributed by atoms with van der Waals surface area (Å²) >= 11 is 3.39. The molecule has 3 amide bonds. The highest BCUT2D eigenvalue weighted by Gasteiger charge is 2.45. The lowest BCUT2D eigenvalue weighted by Crippen LogP contribution is -2.32. The number of halogens is 1. The van der Waals surface area contributed by atoms with Gasteiger partial charge >= 0.3 is 6.03 Å². The zero-order chi connectivity index (χ0) is 15.9. The molecular weight excluding hydrogens is 346 g/mol. The number of amides is 3. The van der Waals surface area contributed by atoms with Gasteiger partial charge in [0.25, 0.3) is 5.91 Å². The summed E-state index contributed by atoms with van der Waals surface area (Å²) in [5, 5.41) is 0. The van der Waals surface area contributed by atoms with Gasteiger partial charge in [-0.3, -0.25) is 4.79 Å². The smallest absolute Gasteiger partial charge is 0.311 e. The van der Waals surface area contributed by atoms with Crippen molar-refractivity contribution in [2.24, 2.45) is 0 Å². The molecule has 3 rings (SSSR count). The van der Waals surface area contributed by atoms with E-state index >= 15 is 0 Å². The fraction of sp³-hybridized carbons (Fsp3) is 0.188. The standard InChI is InChI=1S/C16H14BrN3O2/c1-10-5-3-8-13(18-10)20-15(21)14(19(2)16(20)22)11-6-4-7-12(17)9-11/h3-9,14H,1-2H3. The van der Waals surface area contributed by atoms with E-state index in [1.54, 1.807) is 19.2 Å². The molecule has 1 aromatic carbocycles. The number of aryl methyl sites for hydroxylation is 1. The lowest BCUT2D eigenvalue weighted by Gasteiger charge is -2.16. The summed E-state index contributed by atoms with van der Waals surface area (Å²) in [7, 11) is 1.63. The average Bonchev–Trinajstić information content (AvgIpc) is 2.69. The number of pyridine rings is 1. The first kappa shape index (κ1) is 14.7. The van der Waals surface area contributed by atoms with Crippen LogP contribution in [0.4, 0.5) is 10.6 Å². The highest BCUT2D eigenvalue weighted by Crippen LogP contribution is 2.33. The SMILES string of the molecule is Cc1cccc(N2C(=O)C(c3cccc(Br)c3)N(C)C2=O)n1.